The van der Waals surface area contributed by atoms with E-state index in [0.717, 1.165) is 24.6 Å². The van der Waals surface area contributed by atoms with E-state index < -0.39 is 0 Å². The lowest BCUT2D eigenvalue weighted by atomic mass is 9.35. The van der Waals surface area contributed by atoms with Gasteiger partial charge in [-0.05, 0) is 79.1 Å². The first kappa shape index (κ1) is 16.4. The summed E-state index contributed by atoms with van der Waals surface area (Å²) in [5.74, 6) is 2.08. The van der Waals surface area contributed by atoms with Gasteiger partial charge in [-0.25, -0.2) is 0 Å². The number of amides is 1. The highest BCUT2D eigenvalue weighted by atomic mass is 16.3. The van der Waals surface area contributed by atoms with Crippen LogP contribution < -0.4 is 0 Å². The SMILES string of the molecule is C=C1[C@@H]2CC[C@]3(CC[C@@H]4[C@@]5(C)CCC[C@]4(CN(C(C)=O)C5)[C@H]3C2)[C@H]1O. The van der Waals surface area contributed by atoms with Crippen LogP contribution in [0.2, 0.25) is 0 Å². The molecule has 0 unspecified atom stereocenters. The van der Waals surface area contributed by atoms with Gasteiger partial charge < -0.3 is 10.0 Å². The van der Waals surface area contributed by atoms with Crippen LogP contribution in [-0.2, 0) is 4.79 Å². The maximum absolute atomic E-state index is 12.3. The van der Waals surface area contributed by atoms with Gasteiger partial charge >= 0.3 is 0 Å². The molecule has 1 aliphatic heterocycles. The van der Waals surface area contributed by atoms with E-state index in [2.05, 4.69) is 18.4 Å². The Morgan fingerprint density at radius 3 is 2.64 bits per heavy atom. The summed E-state index contributed by atoms with van der Waals surface area (Å²) >= 11 is 0. The van der Waals surface area contributed by atoms with E-state index in [1.807, 2.05) is 0 Å². The van der Waals surface area contributed by atoms with Gasteiger partial charge in [-0.2, -0.15) is 0 Å². The molecule has 0 radical (unpaired) electrons. The third-order valence-corrected chi connectivity index (χ3v) is 9.59. The smallest absolute Gasteiger partial charge is 0.219 e. The number of nitrogens with zero attached hydrogens (tertiary/aromatic N) is 1. The molecule has 1 amide bonds. The average Bonchev–Trinajstić information content (AvgIpc) is 2.57. The molecule has 6 aliphatic rings. The highest BCUT2D eigenvalue weighted by molar-refractivity contribution is 5.73. The Balaban J connectivity index is 1.63. The van der Waals surface area contributed by atoms with Crippen LogP contribution in [0.15, 0.2) is 12.2 Å². The Kier molecular flexibility index (Phi) is 3.21. The molecule has 1 spiro atoms. The van der Waals surface area contributed by atoms with Crippen LogP contribution in [-0.4, -0.2) is 35.1 Å². The predicted molar refractivity (Wildman–Crippen MR) is 97.8 cm³/mol. The monoisotopic (exact) mass is 343 g/mol. The third-order valence-electron chi connectivity index (χ3n) is 9.59. The second kappa shape index (κ2) is 4.91. The first-order valence-electron chi connectivity index (χ1n) is 10.4. The summed E-state index contributed by atoms with van der Waals surface area (Å²) in [4.78, 5) is 14.5. The minimum atomic E-state index is -0.304. The summed E-state index contributed by atoms with van der Waals surface area (Å²) in [5.41, 5.74) is 1.70. The number of hydrogen-bond donors (Lipinski definition) is 1. The number of aliphatic hydroxyl groups excluding tert-OH is 1. The third kappa shape index (κ3) is 1.84. The zero-order chi connectivity index (χ0) is 17.6. The molecule has 6 rings (SSSR count). The molecule has 0 aromatic carbocycles. The molecule has 0 aromatic heterocycles. The van der Waals surface area contributed by atoms with Gasteiger partial charge in [-0.1, -0.05) is 19.9 Å². The van der Waals surface area contributed by atoms with Crippen LogP contribution in [0.4, 0.5) is 0 Å². The van der Waals surface area contributed by atoms with Gasteiger partial charge in [0, 0.05) is 25.4 Å². The molecule has 4 bridgehead atoms. The van der Waals surface area contributed by atoms with E-state index in [1.54, 1.807) is 6.92 Å². The maximum atomic E-state index is 12.3. The fourth-order valence-corrected chi connectivity index (χ4v) is 8.64. The molecule has 1 N–H and O–H groups in total. The van der Waals surface area contributed by atoms with Gasteiger partial charge in [0.05, 0.1) is 6.10 Å². The Hall–Kier alpha value is -0.830. The van der Waals surface area contributed by atoms with Gasteiger partial charge in [-0.15, -0.1) is 0 Å². The largest absolute Gasteiger partial charge is 0.388 e. The standard InChI is InChI=1S/C22H33NO2/c1-14-16-5-9-21(19(14)25)10-6-17-20(3)7-4-8-22(17,18(21)11-16)13-23(12-20)15(2)24/h16-19,25H,1,4-13H2,2-3H3/t16-,17-,18+,19+,20+,21-,22-/m1/s1. The first-order valence-corrected chi connectivity index (χ1v) is 10.4. The number of likely N-dealkylation sites (tertiary alicyclic amines) is 1. The topological polar surface area (TPSA) is 40.5 Å². The van der Waals surface area contributed by atoms with Gasteiger partial charge in [0.2, 0.25) is 5.91 Å². The summed E-state index contributed by atoms with van der Waals surface area (Å²) in [6, 6.07) is 0. The van der Waals surface area contributed by atoms with E-state index in [0.29, 0.717) is 11.8 Å². The number of rotatable bonds is 0. The van der Waals surface area contributed by atoms with E-state index >= 15 is 0 Å². The average molecular weight is 344 g/mol. The number of fused-ring (bicyclic) bond motifs is 2. The van der Waals surface area contributed by atoms with Gasteiger partial charge in [0.15, 0.2) is 0 Å². The first-order chi connectivity index (χ1) is 11.8. The molecule has 5 aliphatic carbocycles. The molecule has 1 heterocycles. The van der Waals surface area contributed by atoms with Crippen LogP contribution in [0.5, 0.6) is 0 Å². The lowest BCUT2D eigenvalue weighted by Gasteiger charge is -2.72. The molecular formula is C22H33NO2. The van der Waals surface area contributed by atoms with Crippen LogP contribution in [0.25, 0.3) is 0 Å². The molecule has 138 valence electrons. The highest BCUT2D eigenvalue weighted by Crippen LogP contribution is 2.73. The highest BCUT2D eigenvalue weighted by Gasteiger charge is 2.69. The Bertz CT molecular complexity index is 644. The normalized spacial score (nSPS) is 54.0. The van der Waals surface area contributed by atoms with Crippen molar-refractivity contribution in [2.75, 3.05) is 13.1 Å². The number of carbonyl (C=O) groups excluding carboxylic acids is 1. The van der Waals surface area contributed by atoms with Crippen molar-refractivity contribution in [3.8, 4) is 0 Å². The van der Waals surface area contributed by atoms with Crippen molar-refractivity contribution in [1.82, 2.24) is 4.90 Å². The van der Waals surface area contributed by atoms with Crippen molar-refractivity contribution in [2.24, 2.45) is 34.0 Å². The summed E-state index contributed by atoms with van der Waals surface area (Å²) in [5, 5.41) is 11.2. The number of hydrogen-bond acceptors (Lipinski definition) is 2. The molecule has 6 fully saturated rings. The second-order valence-corrected chi connectivity index (χ2v) is 10.4. The molecule has 7 atom stereocenters. The lowest BCUT2D eigenvalue weighted by Crippen LogP contribution is -2.71. The zero-order valence-electron chi connectivity index (χ0n) is 15.9. The fourth-order valence-electron chi connectivity index (χ4n) is 8.64. The molecule has 3 heteroatoms. The summed E-state index contributed by atoms with van der Waals surface area (Å²) in [6.07, 6.45) is 9.55. The van der Waals surface area contributed by atoms with Crippen molar-refractivity contribution < 1.29 is 9.90 Å². The van der Waals surface area contributed by atoms with Crippen LogP contribution in [0.3, 0.4) is 0 Å². The van der Waals surface area contributed by atoms with E-state index in [-0.39, 0.29) is 28.3 Å². The predicted octanol–water partition coefficient (Wildman–Crippen LogP) is 3.77. The molecule has 0 aromatic rings. The summed E-state index contributed by atoms with van der Waals surface area (Å²) in [6.45, 7) is 10.4. The van der Waals surface area contributed by atoms with E-state index in [1.165, 1.54) is 51.4 Å². The second-order valence-electron chi connectivity index (χ2n) is 10.4. The minimum Gasteiger partial charge on any atom is -0.388 e. The van der Waals surface area contributed by atoms with Crippen molar-refractivity contribution in [2.45, 2.75) is 71.3 Å². The molecule has 5 saturated carbocycles. The van der Waals surface area contributed by atoms with Crippen molar-refractivity contribution >= 4 is 5.91 Å². The Morgan fingerprint density at radius 2 is 1.88 bits per heavy atom. The van der Waals surface area contributed by atoms with Crippen molar-refractivity contribution in [3.63, 3.8) is 0 Å². The van der Waals surface area contributed by atoms with Crippen LogP contribution in [0.1, 0.15) is 65.2 Å². The zero-order valence-corrected chi connectivity index (χ0v) is 15.9. The van der Waals surface area contributed by atoms with E-state index in [9.17, 15) is 9.90 Å². The molecular weight excluding hydrogens is 310 g/mol. The van der Waals surface area contributed by atoms with Gasteiger partial charge in [-0.3, -0.25) is 4.79 Å². The molecule has 1 saturated heterocycles. The molecule has 25 heavy (non-hydrogen) atoms. The van der Waals surface area contributed by atoms with Gasteiger partial charge in [0.1, 0.15) is 0 Å². The van der Waals surface area contributed by atoms with Crippen LogP contribution >= 0.6 is 0 Å². The number of piperidine rings is 1. The van der Waals surface area contributed by atoms with E-state index in [4.69, 9.17) is 0 Å². The minimum absolute atomic E-state index is 0.0559. The van der Waals surface area contributed by atoms with Gasteiger partial charge in [0.25, 0.3) is 0 Å². The Morgan fingerprint density at radius 1 is 1.12 bits per heavy atom. The quantitative estimate of drug-likeness (QED) is 0.680. The fraction of sp³-hybridized carbons (Fsp3) is 0.864. The number of aliphatic hydroxyl groups is 1. The van der Waals surface area contributed by atoms with Crippen molar-refractivity contribution in [3.05, 3.63) is 12.2 Å². The maximum Gasteiger partial charge on any atom is 0.219 e. The molecule has 3 nitrogen and oxygen atoms in total. The van der Waals surface area contributed by atoms with Crippen molar-refractivity contribution in [1.29, 1.82) is 0 Å². The van der Waals surface area contributed by atoms with Crippen LogP contribution in [0, 0.1) is 34.0 Å². The number of carbonyl (C=O) groups is 1. The summed E-state index contributed by atoms with van der Waals surface area (Å²) < 4.78 is 0. The summed E-state index contributed by atoms with van der Waals surface area (Å²) in [7, 11) is 0. The Labute approximate surface area is 151 Å². The lowest BCUT2D eigenvalue weighted by molar-refractivity contribution is -0.238.